The number of nitrogens with one attached hydrogen (secondary N) is 1. The van der Waals surface area contributed by atoms with E-state index in [1.54, 1.807) is 0 Å². The Balaban J connectivity index is 2.26. The van der Waals surface area contributed by atoms with Gasteiger partial charge in [-0.1, -0.05) is 6.92 Å². The third kappa shape index (κ3) is 3.75. The predicted molar refractivity (Wildman–Crippen MR) is 80.2 cm³/mol. The number of pyridine rings is 1. The number of rotatable bonds is 5. The molecule has 2 rings (SSSR count). The van der Waals surface area contributed by atoms with Crippen LogP contribution in [0, 0.1) is 0 Å². The molecule has 1 saturated heterocycles. The van der Waals surface area contributed by atoms with Crippen LogP contribution in [0.1, 0.15) is 24.9 Å². The Bertz CT molecular complexity index is 384. The SMILES string of the molecule is CCCN1CCOC(CNC)C1c1cncc(Br)c1. The fourth-order valence-electron chi connectivity index (χ4n) is 2.71. The van der Waals surface area contributed by atoms with E-state index in [9.17, 15) is 0 Å². The van der Waals surface area contributed by atoms with Crippen LogP contribution in [0.2, 0.25) is 0 Å². The Morgan fingerprint density at radius 3 is 3.05 bits per heavy atom. The molecule has 0 bridgehead atoms. The Morgan fingerprint density at radius 1 is 1.53 bits per heavy atom. The van der Waals surface area contributed by atoms with Gasteiger partial charge in [0, 0.05) is 30.0 Å². The van der Waals surface area contributed by atoms with Gasteiger partial charge in [0.25, 0.3) is 0 Å². The van der Waals surface area contributed by atoms with Crippen molar-refractivity contribution in [3.05, 3.63) is 28.5 Å². The molecule has 1 aliphatic rings. The van der Waals surface area contributed by atoms with Gasteiger partial charge >= 0.3 is 0 Å². The zero-order chi connectivity index (χ0) is 13.7. The third-order valence-electron chi connectivity index (χ3n) is 3.44. The van der Waals surface area contributed by atoms with Gasteiger partial charge in [0.1, 0.15) is 0 Å². The molecule has 0 saturated carbocycles. The van der Waals surface area contributed by atoms with E-state index in [2.05, 4.69) is 44.1 Å². The van der Waals surface area contributed by atoms with E-state index in [4.69, 9.17) is 4.74 Å². The molecule has 4 nitrogen and oxygen atoms in total. The van der Waals surface area contributed by atoms with E-state index in [0.29, 0.717) is 0 Å². The number of morpholine rings is 1. The smallest absolute Gasteiger partial charge is 0.0896 e. The fraction of sp³-hybridized carbons (Fsp3) is 0.643. The van der Waals surface area contributed by atoms with Crippen molar-refractivity contribution in [2.24, 2.45) is 0 Å². The summed E-state index contributed by atoms with van der Waals surface area (Å²) in [5, 5.41) is 3.23. The van der Waals surface area contributed by atoms with Gasteiger partial charge in [0.05, 0.1) is 18.8 Å². The Kier molecular flexibility index (Phi) is 5.76. The number of hydrogen-bond acceptors (Lipinski definition) is 4. The zero-order valence-electron chi connectivity index (χ0n) is 11.6. The predicted octanol–water partition coefficient (Wildman–Crippen LogP) is 2.22. The van der Waals surface area contributed by atoms with Gasteiger partial charge in [0.15, 0.2) is 0 Å². The standard InChI is InChI=1S/C14H22BrN3O/c1-3-4-18-5-6-19-13(10-16-2)14(18)11-7-12(15)9-17-8-11/h7-9,13-14,16H,3-6,10H2,1-2H3. The van der Waals surface area contributed by atoms with Crippen molar-refractivity contribution in [2.75, 3.05) is 33.3 Å². The number of nitrogens with zero attached hydrogens (tertiary/aromatic N) is 2. The number of ether oxygens (including phenoxy) is 1. The average molecular weight is 328 g/mol. The molecule has 1 aromatic rings. The van der Waals surface area contributed by atoms with Gasteiger partial charge in [-0.15, -0.1) is 0 Å². The van der Waals surface area contributed by atoms with Crippen molar-refractivity contribution in [1.29, 1.82) is 0 Å². The molecule has 1 aromatic heterocycles. The first-order valence-electron chi connectivity index (χ1n) is 6.87. The molecule has 5 heteroatoms. The second-order valence-corrected chi connectivity index (χ2v) is 5.80. The minimum absolute atomic E-state index is 0.182. The molecule has 1 N–H and O–H groups in total. The van der Waals surface area contributed by atoms with Crippen molar-refractivity contribution in [3.8, 4) is 0 Å². The number of halogens is 1. The van der Waals surface area contributed by atoms with E-state index >= 15 is 0 Å². The summed E-state index contributed by atoms with van der Waals surface area (Å²) in [4.78, 5) is 6.81. The molecule has 0 aliphatic carbocycles. The van der Waals surface area contributed by atoms with Gasteiger partial charge in [-0.2, -0.15) is 0 Å². The van der Waals surface area contributed by atoms with Crippen molar-refractivity contribution < 1.29 is 4.74 Å². The average Bonchev–Trinajstić information content (AvgIpc) is 2.40. The van der Waals surface area contributed by atoms with Crippen LogP contribution < -0.4 is 5.32 Å². The molecule has 2 heterocycles. The normalized spacial score (nSPS) is 24.6. The van der Waals surface area contributed by atoms with E-state index in [-0.39, 0.29) is 12.1 Å². The van der Waals surface area contributed by atoms with Crippen molar-refractivity contribution in [2.45, 2.75) is 25.5 Å². The Labute approximate surface area is 123 Å². The number of hydrogen-bond donors (Lipinski definition) is 1. The largest absolute Gasteiger partial charge is 0.374 e. The molecule has 0 radical (unpaired) electrons. The molecular weight excluding hydrogens is 306 g/mol. The van der Waals surface area contributed by atoms with Gasteiger partial charge < -0.3 is 10.1 Å². The summed E-state index contributed by atoms with van der Waals surface area (Å²) in [6, 6.07) is 2.43. The lowest BCUT2D eigenvalue weighted by Crippen LogP contribution is -2.48. The number of aromatic nitrogens is 1. The van der Waals surface area contributed by atoms with Crippen LogP contribution in [-0.2, 0) is 4.74 Å². The first-order valence-corrected chi connectivity index (χ1v) is 7.66. The zero-order valence-corrected chi connectivity index (χ0v) is 13.2. The van der Waals surface area contributed by atoms with Crippen LogP contribution >= 0.6 is 15.9 Å². The van der Waals surface area contributed by atoms with Crippen LogP contribution in [-0.4, -0.2) is 49.3 Å². The Hall–Kier alpha value is -0.490. The van der Waals surface area contributed by atoms with E-state index in [1.165, 1.54) is 5.56 Å². The summed E-state index contributed by atoms with van der Waals surface area (Å²) in [6.45, 7) is 5.98. The maximum Gasteiger partial charge on any atom is 0.0896 e. The van der Waals surface area contributed by atoms with E-state index < -0.39 is 0 Å². The highest BCUT2D eigenvalue weighted by Crippen LogP contribution is 2.30. The highest BCUT2D eigenvalue weighted by molar-refractivity contribution is 9.10. The van der Waals surface area contributed by atoms with Crippen molar-refractivity contribution in [3.63, 3.8) is 0 Å². The van der Waals surface area contributed by atoms with Crippen LogP contribution in [0.5, 0.6) is 0 Å². The highest BCUT2D eigenvalue weighted by atomic mass is 79.9. The summed E-state index contributed by atoms with van der Waals surface area (Å²) in [5.74, 6) is 0. The maximum atomic E-state index is 5.95. The minimum atomic E-state index is 0.182. The summed E-state index contributed by atoms with van der Waals surface area (Å²) >= 11 is 3.51. The van der Waals surface area contributed by atoms with E-state index in [1.807, 2.05) is 19.4 Å². The first-order chi connectivity index (χ1) is 9.26. The number of likely N-dealkylation sites (N-methyl/N-ethyl adjacent to an activating group) is 1. The van der Waals surface area contributed by atoms with Crippen molar-refractivity contribution in [1.82, 2.24) is 15.2 Å². The summed E-state index contributed by atoms with van der Waals surface area (Å²) in [6.07, 6.45) is 5.12. The van der Waals surface area contributed by atoms with Gasteiger partial charge in [-0.25, -0.2) is 0 Å². The van der Waals surface area contributed by atoms with Gasteiger partial charge in [0.2, 0.25) is 0 Å². The lowest BCUT2D eigenvalue weighted by atomic mass is 9.99. The molecule has 1 aliphatic heterocycles. The van der Waals surface area contributed by atoms with Crippen LogP contribution in [0.3, 0.4) is 0 Å². The van der Waals surface area contributed by atoms with Gasteiger partial charge in [-0.3, -0.25) is 9.88 Å². The molecule has 106 valence electrons. The Morgan fingerprint density at radius 2 is 2.37 bits per heavy atom. The summed E-state index contributed by atoms with van der Waals surface area (Å²) in [7, 11) is 1.97. The van der Waals surface area contributed by atoms with Crippen LogP contribution in [0.25, 0.3) is 0 Å². The lowest BCUT2D eigenvalue weighted by molar-refractivity contribution is -0.0705. The first kappa shape index (κ1) is 14.9. The molecular formula is C14H22BrN3O. The molecule has 0 amide bonds. The molecule has 19 heavy (non-hydrogen) atoms. The lowest BCUT2D eigenvalue weighted by Gasteiger charge is -2.41. The molecule has 0 spiro atoms. The molecule has 2 unspecified atom stereocenters. The molecule has 1 fully saturated rings. The van der Waals surface area contributed by atoms with Crippen LogP contribution in [0.15, 0.2) is 22.9 Å². The van der Waals surface area contributed by atoms with Crippen molar-refractivity contribution >= 4 is 15.9 Å². The monoisotopic (exact) mass is 327 g/mol. The molecule has 0 aromatic carbocycles. The highest BCUT2D eigenvalue weighted by Gasteiger charge is 2.32. The van der Waals surface area contributed by atoms with E-state index in [0.717, 1.165) is 37.1 Å². The summed E-state index contributed by atoms with van der Waals surface area (Å²) in [5.41, 5.74) is 1.22. The summed E-state index contributed by atoms with van der Waals surface area (Å²) < 4.78 is 6.98. The van der Waals surface area contributed by atoms with Crippen LogP contribution in [0.4, 0.5) is 0 Å². The second kappa shape index (κ2) is 7.33. The quantitative estimate of drug-likeness (QED) is 0.899. The minimum Gasteiger partial charge on any atom is -0.374 e. The van der Waals surface area contributed by atoms with Gasteiger partial charge in [-0.05, 0) is 47.6 Å². The molecule has 2 atom stereocenters. The fourth-order valence-corrected chi connectivity index (χ4v) is 3.09. The maximum absolute atomic E-state index is 5.95. The topological polar surface area (TPSA) is 37.4 Å². The second-order valence-electron chi connectivity index (χ2n) is 4.88. The third-order valence-corrected chi connectivity index (χ3v) is 3.87.